The number of hydrogen-bond acceptors (Lipinski definition) is 4. The van der Waals surface area contributed by atoms with Crippen molar-refractivity contribution in [3.05, 3.63) is 70.3 Å². The number of carbonyl (C=O) groups excluding carboxylic acids is 4. The van der Waals surface area contributed by atoms with E-state index in [1.165, 1.54) is 11.0 Å². The smallest absolute Gasteiger partial charge is 0.261 e. The van der Waals surface area contributed by atoms with Crippen LogP contribution < -0.4 is 5.32 Å². The minimum atomic E-state index is -0.324. The van der Waals surface area contributed by atoms with Gasteiger partial charge in [0, 0.05) is 36.8 Å². The number of nitrogens with one attached hydrogen (secondary N) is 1. The van der Waals surface area contributed by atoms with Crippen LogP contribution in [0.15, 0.2) is 42.5 Å². The third-order valence-corrected chi connectivity index (χ3v) is 7.14. The lowest BCUT2D eigenvalue weighted by molar-refractivity contribution is 0.0548. The number of carbonyl (C=O) groups is 4. The average molecular weight is 460 g/mol. The molecule has 7 heteroatoms. The predicted molar refractivity (Wildman–Crippen MR) is 127 cm³/mol. The van der Waals surface area contributed by atoms with Gasteiger partial charge < -0.3 is 10.2 Å². The molecule has 1 aliphatic carbocycles. The Morgan fingerprint density at radius 2 is 1.56 bits per heavy atom. The molecule has 2 aromatic carbocycles. The highest BCUT2D eigenvalue weighted by atomic mass is 16.2. The topological polar surface area (TPSA) is 86.8 Å². The first kappa shape index (κ1) is 22.3. The van der Waals surface area contributed by atoms with Crippen molar-refractivity contribution in [1.82, 2.24) is 15.1 Å². The number of imide groups is 1. The minimum absolute atomic E-state index is 0.0231. The highest BCUT2D eigenvalue weighted by Gasteiger charge is 2.40. The summed E-state index contributed by atoms with van der Waals surface area (Å²) in [4.78, 5) is 54.6. The zero-order chi connectivity index (χ0) is 23.7. The molecule has 4 amide bonds. The molecule has 1 N–H and O–H groups in total. The van der Waals surface area contributed by atoms with Gasteiger partial charge in [0.15, 0.2) is 0 Å². The van der Waals surface area contributed by atoms with E-state index in [-0.39, 0.29) is 36.2 Å². The Morgan fingerprint density at radius 1 is 0.824 bits per heavy atom. The first-order chi connectivity index (χ1) is 16.5. The van der Waals surface area contributed by atoms with Crippen molar-refractivity contribution in [2.24, 2.45) is 0 Å². The molecule has 7 nitrogen and oxygen atoms in total. The van der Waals surface area contributed by atoms with Crippen LogP contribution in [0.5, 0.6) is 0 Å². The molecule has 1 saturated heterocycles. The molecule has 0 bridgehead atoms. The molecule has 0 aromatic heterocycles. The van der Waals surface area contributed by atoms with E-state index in [1.807, 2.05) is 23.1 Å². The Balaban J connectivity index is 1.26. The molecule has 3 aliphatic rings. The fourth-order valence-electron chi connectivity index (χ4n) is 5.27. The number of benzene rings is 2. The second kappa shape index (κ2) is 9.41. The Kier molecular flexibility index (Phi) is 6.18. The van der Waals surface area contributed by atoms with Crippen LogP contribution in [0.1, 0.15) is 91.9 Å². The van der Waals surface area contributed by atoms with Gasteiger partial charge in [-0.1, -0.05) is 31.4 Å². The van der Waals surface area contributed by atoms with E-state index < -0.39 is 0 Å². The van der Waals surface area contributed by atoms with Gasteiger partial charge in [-0.05, 0) is 61.6 Å². The van der Waals surface area contributed by atoms with Crippen LogP contribution in [0.25, 0.3) is 0 Å². The summed E-state index contributed by atoms with van der Waals surface area (Å²) in [6, 6.07) is 12.0. The molecular weight excluding hydrogens is 430 g/mol. The average Bonchev–Trinajstić information content (AvgIpc) is 3.50. The normalized spacial score (nSPS) is 18.4. The fraction of sp³-hybridized carbons (Fsp3) is 0.407. The first-order valence-corrected chi connectivity index (χ1v) is 12.2. The lowest BCUT2D eigenvalue weighted by Crippen LogP contribution is -2.40. The van der Waals surface area contributed by atoms with E-state index in [1.54, 1.807) is 18.2 Å². The second-order valence-electron chi connectivity index (χ2n) is 9.41. The molecule has 0 spiro atoms. The van der Waals surface area contributed by atoms with Gasteiger partial charge >= 0.3 is 0 Å². The van der Waals surface area contributed by atoms with Gasteiger partial charge in [0.1, 0.15) is 0 Å². The van der Waals surface area contributed by atoms with Gasteiger partial charge in [-0.3, -0.25) is 24.1 Å². The van der Waals surface area contributed by atoms with Crippen LogP contribution in [-0.2, 0) is 6.54 Å². The third-order valence-electron chi connectivity index (χ3n) is 7.14. The van der Waals surface area contributed by atoms with Crippen LogP contribution in [0.3, 0.4) is 0 Å². The maximum atomic E-state index is 13.0. The number of likely N-dealkylation sites (tertiary alicyclic amines) is 1. The van der Waals surface area contributed by atoms with Crippen LogP contribution in [0.4, 0.5) is 0 Å². The zero-order valence-electron chi connectivity index (χ0n) is 19.2. The molecule has 2 aliphatic heterocycles. The maximum Gasteiger partial charge on any atom is 0.261 e. The summed E-state index contributed by atoms with van der Waals surface area (Å²) in [7, 11) is 0. The third kappa shape index (κ3) is 4.22. The SMILES string of the molecule is O=C(NCc1cccc(C(=O)N2CCCC2)c1)c1ccc2c(c1)C(=O)N(C1CCCCC1)C2=O. The van der Waals surface area contributed by atoms with Crippen molar-refractivity contribution in [2.75, 3.05) is 13.1 Å². The van der Waals surface area contributed by atoms with Gasteiger partial charge in [0.2, 0.25) is 0 Å². The Labute approximate surface area is 199 Å². The molecule has 5 rings (SSSR count). The predicted octanol–water partition coefficient (Wildman–Crippen LogP) is 3.78. The van der Waals surface area contributed by atoms with E-state index >= 15 is 0 Å². The van der Waals surface area contributed by atoms with Gasteiger partial charge in [-0.2, -0.15) is 0 Å². The summed E-state index contributed by atoms with van der Waals surface area (Å²) in [5, 5.41) is 2.87. The summed E-state index contributed by atoms with van der Waals surface area (Å²) in [5.41, 5.74) is 2.48. The van der Waals surface area contributed by atoms with Crippen LogP contribution in [0, 0.1) is 0 Å². The molecule has 0 atom stereocenters. The highest BCUT2D eigenvalue weighted by Crippen LogP contribution is 2.31. The Bertz CT molecular complexity index is 1150. The standard InChI is InChI=1S/C27H29N3O4/c31-24(28-17-18-7-6-8-20(15-18)25(32)29-13-4-5-14-29)19-11-12-22-23(16-19)27(34)30(26(22)33)21-9-2-1-3-10-21/h6-8,11-12,15-16,21H,1-5,9-10,13-14,17H2,(H,28,31). The number of amides is 4. The lowest BCUT2D eigenvalue weighted by atomic mass is 9.94. The largest absolute Gasteiger partial charge is 0.348 e. The van der Waals surface area contributed by atoms with Crippen molar-refractivity contribution in [1.29, 1.82) is 0 Å². The molecule has 34 heavy (non-hydrogen) atoms. The van der Waals surface area contributed by atoms with Crippen molar-refractivity contribution in [3.63, 3.8) is 0 Å². The Hall–Kier alpha value is -3.48. The van der Waals surface area contributed by atoms with Gasteiger partial charge in [-0.15, -0.1) is 0 Å². The fourth-order valence-corrected chi connectivity index (χ4v) is 5.27. The minimum Gasteiger partial charge on any atom is -0.348 e. The number of hydrogen-bond donors (Lipinski definition) is 1. The monoisotopic (exact) mass is 459 g/mol. The van der Waals surface area contributed by atoms with E-state index in [4.69, 9.17) is 0 Å². The molecule has 2 heterocycles. The van der Waals surface area contributed by atoms with Gasteiger partial charge in [0.25, 0.3) is 23.6 Å². The second-order valence-corrected chi connectivity index (χ2v) is 9.41. The summed E-state index contributed by atoms with van der Waals surface area (Å²) < 4.78 is 0. The first-order valence-electron chi connectivity index (χ1n) is 12.2. The number of rotatable bonds is 5. The van der Waals surface area contributed by atoms with E-state index in [9.17, 15) is 19.2 Å². The molecule has 176 valence electrons. The van der Waals surface area contributed by atoms with Gasteiger partial charge in [-0.25, -0.2) is 0 Å². The Morgan fingerprint density at radius 3 is 2.32 bits per heavy atom. The molecule has 1 saturated carbocycles. The molecular formula is C27H29N3O4. The zero-order valence-corrected chi connectivity index (χ0v) is 19.2. The molecule has 2 aromatic rings. The summed E-state index contributed by atoms with van der Waals surface area (Å²) in [5.74, 6) is -0.849. The highest BCUT2D eigenvalue weighted by molar-refractivity contribution is 6.22. The summed E-state index contributed by atoms with van der Waals surface area (Å²) in [6.07, 6.45) is 6.95. The number of nitrogens with zero attached hydrogens (tertiary/aromatic N) is 2. The maximum absolute atomic E-state index is 13.0. The van der Waals surface area contributed by atoms with Gasteiger partial charge in [0.05, 0.1) is 11.1 Å². The van der Waals surface area contributed by atoms with E-state index in [2.05, 4.69) is 5.32 Å². The van der Waals surface area contributed by atoms with E-state index in [0.29, 0.717) is 22.3 Å². The number of fused-ring (bicyclic) bond motifs is 1. The van der Waals surface area contributed by atoms with Crippen molar-refractivity contribution in [3.8, 4) is 0 Å². The van der Waals surface area contributed by atoms with Crippen molar-refractivity contribution < 1.29 is 19.2 Å². The van der Waals surface area contributed by atoms with Crippen molar-refractivity contribution in [2.45, 2.75) is 57.5 Å². The molecule has 0 unspecified atom stereocenters. The van der Waals surface area contributed by atoms with Crippen LogP contribution in [-0.4, -0.2) is 52.6 Å². The lowest BCUT2D eigenvalue weighted by Gasteiger charge is -2.29. The quantitative estimate of drug-likeness (QED) is 0.690. The van der Waals surface area contributed by atoms with Crippen LogP contribution >= 0.6 is 0 Å². The summed E-state index contributed by atoms with van der Waals surface area (Å²) >= 11 is 0. The van der Waals surface area contributed by atoms with Crippen molar-refractivity contribution >= 4 is 23.6 Å². The van der Waals surface area contributed by atoms with E-state index in [0.717, 1.165) is 63.6 Å². The van der Waals surface area contributed by atoms with Crippen LogP contribution in [0.2, 0.25) is 0 Å². The molecule has 0 radical (unpaired) electrons. The summed E-state index contributed by atoms with van der Waals surface area (Å²) in [6.45, 7) is 1.84. The molecule has 2 fully saturated rings.